The predicted molar refractivity (Wildman–Crippen MR) is 102 cm³/mol. The summed E-state index contributed by atoms with van der Waals surface area (Å²) in [5, 5.41) is 0. The first-order valence-electron chi connectivity index (χ1n) is 7.57. The van der Waals surface area contributed by atoms with Gasteiger partial charge in [-0.25, -0.2) is 8.42 Å². The first-order chi connectivity index (χ1) is 12.1. The fraction of sp³-hybridized carbons (Fsp3) is 0.0526. The van der Waals surface area contributed by atoms with Crippen molar-refractivity contribution in [1.29, 1.82) is 0 Å². The van der Waals surface area contributed by atoms with E-state index in [0.717, 1.165) is 10.6 Å². The highest BCUT2D eigenvalue weighted by Gasteiger charge is 2.14. The summed E-state index contributed by atoms with van der Waals surface area (Å²) >= 11 is 1.57. The van der Waals surface area contributed by atoms with E-state index in [1.807, 2.05) is 36.6 Å². The van der Waals surface area contributed by atoms with Gasteiger partial charge in [0.15, 0.2) is 0 Å². The lowest BCUT2D eigenvalue weighted by Gasteiger charge is -2.10. The fourth-order valence-electron chi connectivity index (χ4n) is 2.18. The number of ether oxygens (including phenoxy) is 1. The molecule has 0 saturated carbocycles. The number of nitrogens with one attached hydrogen (secondary N) is 1. The number of para-hydroxylation sites is 1. The van der Waals surface area contributed by atoms with Crippen molar-refractivity contribution in [2.45, 2.75) is 9.79 Å². The molecule has 0 amide bonds. The Hall–Kier alpha value is -2.44. The molecule has 0 aliphatic carbocycles. The van der Waals surface area contributed by atoms with Gasteiger partial charge in [-0.1, -0.05) is 18.2 Å². The monoisotopic (exact) mass is 371 g/mol. The van der Waals surface area contributed by atoms with Gasteiger partial charge in [-0.15, -0.1) is 11.8 Å². The molecule has 0 bridgehead atoms. The van der Waals surface area contributed by atoms with Gasteiger partial charge in [0.2, 0.25) is 0 Å². The Morgan fingerprint density at radius 1 is 0.800 bits per heavy atom. The molecule has 0 radical (unpaired) electrons. The number of hydrogen-bond acceptors (Lipinski definition) is 4. The van der Waals surface area contributed by atoms with Crippen LogP contribution in [0.5, 0.6) is 11.5 Å². The van der Waals surface area contributed by atoms with Crippen LogP contribution in [0.4, 0.5) is 5.69 Å². The number of rotatable bonds is 6. The molecule has 0 atom stereocenters. The van der Waals surface area contributed by atoms with Crippen molar-refractivity contribution in [1.82, 2.24) is 0 Å². The highest BCUT2D eigenvalue weighted by Crippen LogP contribution is 2.24. The molecule has 3 aromatic carbocycles. The van der Waals surface area contributed by atoms with Crippen LogP contribution < -0.4 is 9.46 Å². The van der Waals surface area contributed by atoms with Gasteiger partial charge in [-0.2, -0.15) is 0 Å². The van der Waals surface area contributed by atoms with E-state index in [0.29, 0.717) is 11.4 Å². The summed E-state index contributed by atoms with van der Waals surface area (Å²) in [5.41, 5.74) is 0.481. The largest absolute Gasteiger partial charge is 0.457 e. The average Bonchev–Trinajstić information content (AvgIpc) is 2.64. The summed E-state index contributed by atoms with van der Waals surface area (Å²) in [7, 11) is -3.61. The van der Waals surface area contributed by atoms with E-state index in [-0.39, 0.29) is 4.90 Å². The van der Waals surface area contributed by atoms with E-state index in [4.69, 9.17) is 4.74 Å². The molecule has 0 aromatic heterocycles. The Kier molecular flexibility index (Phi) is 5.31. The van der Waals surface area contributed by atoms with E-state index in [2.05, 4.69) is 4.72 Å². The second-order valence-electron chi connectivity index (χ2n) is 5.22. The lowest BCUT2D eigenvalue weighted by atomic mass is 10.3. The zero-order valence-corrected chi connectivity index (χ0v) is 15.2. The molecule has 0 saturated heterocycles. The topological polar surface area (TPSA) is 55.4 Å². The Morgan fingerprint density at radius 2 is 1.40 bits per heavy atom. The molecule has 0 spiro atoms. The molecule has 3 rings (SSSR count). The van der Waals surface area contributed by atoms with Crippen LogP contribution in [0.2, 0.25) is 0 Å². The number of benzene rings is 3. The molecule has 128 valence electrons. The molecule has 4 nitrogen and oxygen atoms in total. The van der Waals surface area contributed by atoms with Crippen LogP contribution in [-0.4, -0.2) is 14.7 Å². The van der Waals surface area contributed by atoms with Crippen molar-refractivity contribution in [2.24, 2.45) is 0 Å². The Balaban J connectivity index is 1.71. The van der Waals surface area contributed by atoms with Gasteiger partial charge in [0.05, 0.1) is 4.90 Å². The quantitative estimate of drug-likeness (QED) is 0.620. The van der Waals surface area contributed by atoms with Crippen molar-refractivity contribution < 1.29 is 13.2 Å². The number of thioether (sulfide) groups is 1. The van der Waals surface area contributed by atoms with Crippen LogP contribution in [-0.2, 0) is 10.0 Å². The smallest absolute Gasteiger partial charge is 0.261 e. The maximum Gasteiger partial charge on any atom is 0.261 e. The van der Waals surface area contributed by atoms with Crippen LogP contribution in [0.3, 0.4) is 0 Å². The van der Waals surface area contributed by atoms with Gasteiger partial charge < -0.3 is 4.74 Å². The molecule has 1 N–H and O–H groups in total. The van der Waals surface area contributed by atoms with Crippen molar-refractivity contribution in [3.63, 3.8) is 0 Å². The van der Waals surface area contributed by atoms with Gasteiger partial charge in [0.1, 0.15) is 11.5 Å². The van der Waals surface area contributed by atoms with E-state index < -0.39 is 10.0 Å². The molecule has 0 unspecified atom stereocenters. The first kappa shape index (κ1) is 17.4. The molecule has 25 heavy (non-hydrogen) atoms. The molecule has 6 heteroatoms. The minimum Gasteiger partial charge on any atom is -0.457 e. The molecule has 0 fully saturated rings. The van der Waals surface area contributed by atoms with Crippen LogP contribution in [0.1, 0.15) is 0 Å². The van der Waals surface area contributed by atoms with Crippen molar-refractivity contribution >= 4 is 27.5 Å². The van der Waals surface area contributed by atoms with Crippen LogP contribution in [0.25, 0.3) is 0 Å². The van der Waals surface area contributed by atoms with Crippen molar-refractivity contribution in [3.05, 3.63) is 78.9 Å². The fourth-order valence-corrected chi connectivity index (χ4v) is 3.65. The molecular weight excluding hydrogens is 354 g/mol. The molecule has 0 heterocycles. The molecular formula is C19H17NO3S2. The second-order valence-corrected chi connectivity index (χ2v) is 7.78. The summed E-state index contributed by atoms with van der Waals surface area (Å²) in [6, 6.07) is 23.0. The van der Waals surface area contributed by atoms with Crippen LogP contribution in [0.15, 0.2) is 88.7 Å². The zero-order valence-electron chi connectivity index (χ0n) is 13.5. The van der Waals surface area contributed by atoms with Gasteiger partial charge in [0.25, 0.3) is 10.0 Å². The van der Waals surface area contributed by atoms with Crippen LogP contribution >= 0.6 is 11.8 Å². The van der Waals surface area contributed by atoms with Crippen molar-refractivity contribution in [2.75, 3.05) is 11.0 Å². The minimum atomic E-state index is -3.61. The lowest BCUT2D eigenvalue weighted by molar-refractivity contribution is 0.483. The minimum absolute atomic E-state index is 0.231. The summed E-state index contributed by atoms with van der Waals surface area (Å²) in [6.45, 7) is 0. The Labute approximate surface area is 151 Å². The van der Waals surface area contributed by atoms with Gasteiger partial charge >= 0.3 is 0 Å². The standard InChI is InChI=1S/C19H17NO3S2/c1-24-18-11-13-19(14-12-18)25(21,22)20-15-7-9-17(10-8-15)23-16-5-3-2-4-6-16/h2-14,20H,1H3. The van der Waals surface area contributed by atoms with Gasteiger partial charge in [0, 0.05) is 10.6 Å². The Morgan fingerprint density at radius 3 is 2.00 bits per heavy atom. The summed E-state index contributed by atoms with van der Waals surface area (Å²) in [5.74, 6) is 1.36. The van der Waals surface area contributed by atoms with E-state index in [1.54, 1.807) is 60.3 Å². The second kappa shape index (κ2) is 7.63. The third kappa shape index (κ3) is 4.55. The van der Waals surface area contributed by atoms with E-state index in [9.17, 15) is 8.42 Å². The van der Waals surface area contributed by atoms with Gasteiger partial charge in [-0.3, -0.25) is 4.72 Å². The molecule has 3 aromatic rings. The third-order valence-corrected chi connectivity index (χ3v) is 5.60. The normalized spacial score (nSPS) is 11.1. The molecule has 0 aliphatic heterocycles. The maximum atomic E-state index is 12.4. The predicted octanol–water partition coefficient (Wildman–Crippen LogP) is 5.00. The molecule has 0 aliphatic rings. The summed E-state index contributed by atoms with van der Waals surface area (Å²) in [4.78, 5) is 1.25. The Bertz CT molecular complexity index is 923. The number of sulfonamides is 1. The van der Waals surface area contributed by atoms with Gasteiger partial charge in [-0.05, 0) is 66.9 Å². The SMILES string of the molecule is CSc1ccc(S(=O)(=O)Nc2ccc(Oc3ccccc3)cc2)cc1. The number of hydrogen-bond donors (Lipinski definition) is 1. The highest BCUT2D eigenvalue weighted by atomic mass is 32.2. The maximum absolute atomic E-state index is 12.4. The number of anilines is 1. The van der Waals surface area contributed by atoms with E-state index >= 15 is 0 Å². The summed E-state index contributed by atoms with van der Waals surface area (Å²) < 4.78 is 33.1. The first-order valence-corrected chi connectivity index (χ1v) is 10.3. The average molecular weight is 371 g/mol. The lowest BCUT2D eigenvalue weighted by Crippen LogP contribution is -2.12. The summed E-state index contributed by atoms with van der Waals surface area (Å²) in [6.07, 6.45) is 1.95. The van der Waals surface area contributed by atoms with Crippen molar-refractivity contribution in [3.8, 4) is 11.5 Å². The van der Waals surface area contributed by atoms with Crippen LogP contribution in [0, 0.1) is 0 Å². The highest BCUT2D eigenvalue weighted by molar-refractivity contribution is 7.98. The third-order valence-electron chi connectivity index (χ3n) is 3.46. The zero-order chi connectivity index (χ0) is 17.7. The van der Waals surface area contributed by atoms with E-state index in [1.165, 1.54) is 0 Å².